The van der Waals surface area contributed by atoms with Gasteiger partial charge in [0.05, 0.1) is 6.61 Å². The van der Waals surface area contributed by atoms with Crippen molar-refractivity contribution < 1.29 is 24.9 Å². The normalized spacial score (nSPS) is 12.8. The van der Waals surface area contributed by atoms with Gasteiger partial charge in [-0.05, 0) is 12.8 Å². The Hall–Kier alpha value is -0.780. The van der Waals surface area contributed by atoms with E-state index in [1.54, 1.807) is 0 Å². The molecule has 0 saturated carbocycles. The molecule has 190 valence electrons. The summed E-state index contributed by atoms with van der Waals surface area (Å²) in [6, 6.07) is 0. The summed E-state index contributed by atoms with van der Waals surface area (Å²) < 4.78 is 0. The molecule has 0 saturated heterocycles. The third-order valence-electron chi connectivity index (χ3n) is 6.52. The fourth-order valence-corrected chi connectivity index (χ4v) is 4.23. The lowest BCUT2D eigenvalue weighted by molar-refractivity contribution is -0.166. The zero-order chi connectivity index (χ0) is 24.1. The van der Waals surface area contributed by atoms with Gasteiger partial charge in [0.2, 0.25) is 5.60 Å². The van der Waals surface area contributed by atoms with E-state index >= 15 is 0 Å². The molecule has 0 aromatic heterocycles. The number of carbonyl (C=O) groups is 2. The second kappa shape index (κ2) is 20.8. The minimum Gasteiger partial charge on any atom is -0.394 e. The Morgan fingerprint density at radius 2 is 0.875 bits per heavy atom. The van der Waals surface area contributed by atoms with Gasteiger partial charge in [0.1, 0.15) is 6.10 Å². The fourth-order valence-electron chi connectivity index (χ4n) is 4.23. The van der Waals surface area contributed by atoms with Crippen LogP contribution in [0.25, 0.3) is 0 Å². The molecule has 0 spiro atoms. The number of hydrogen-bond acceptors (Lipinski definition) is 5. The summed E-state index contributed by atoms with van der Waals surface area (Å²) in [5.41, 5.74) is -2.46. The molecule has 0 aliphatic rings. The van der Waals surface area contributed by atoms with Gasteiger partial charge in [0, 0.05) is 12.8 Å². The average Bonchev–Trinajstić information content (AvgIpc) is 2.80. The highest BCUT2D eigenvalue weighted by Crippen LogP contribution is 2.22. The molecule has 0 aliphatic carbocycles. The standard InChI is InChI=1S/C27H52O5/c1-3-5-7-9-11-13-15-17-19-21-24(29)27(32,26(31)23-28)25(30)22-20-18-16-14-12-10-8-6-4-2/h26,28,31-32H,3-23H2,1-2H3/t26-/m0/s1. The molecule has 0 unspecified atom stereocenters. The van der Waals surface area contributed by atoms with Crippen LogP contribution in [0.2, 0.25) is 0 Å². The van der Waals surface area contributed by atoms with Crippen molar-refractivity contribution in [2.45, 2.75) is 154 Å². The molecular weight excluding hydrogens is 404 g/mol. The number of rotatable bonds is 24. The van der Waals surface area contributed by atoms with Gasteiger partial charge in [0.15, 0.2) is 11.6 Å². The lowest BCUT2D eigenvalue weighted by atomic mass is 9.82. The maximum absolute atomic E-state index is 12.6. The van der Waals surface area contributed by atoms with Crippen LogP contribution in [0.4, 0.5) is 0 Å². The van der Waals surface area contributed by atoms with Crippen molar-refractivity contribution in [2.24, 2.45) is 0 Å². The van der Waals surface area contributed by atoms with Crippen molar-refractivity contribution in [3.63, 3.8) is 0 Å². The maximum Gasteiger partial charge on any atom is 0.209 e. The van der Waals surface area contributed by atoms with Crippen molar-refractivity contribution >= 4 is 11.6 Å². The Balaban J connectivity index is 4.22. The first-order chi connectivity index (χ1) is 15.4. The Kier molecular flexibility index (Phi) is 20.3. The number of aliphatic hydroxyl groups is 3. The molecule has 0 rings (SSSR count). The lowest BCUT2D eigenvalue weighted by Crippen LogP contribution is -2.57. The molecule has 0 aliphatic heterocycles. The van der Waals surface area contributed by atoms with Gasteiger partial charge in [-0.25, -0.2) is 0 Å². The summed E-state index contributed by atoms with van der Waals surface area (Å²) in [7, 11) is 0. The lowest BCUT2D eigenvalue weighted by Gasteiger charge is -2.29. The van der Waals surface area contributed by atoms with Gasteiger partial charge in [-0.2, -0.15) is 0 Å². The summed E-state index contributed by atoms with van der Waals surface area (Å²) >= 11 is 0. The number of aliphatic hydroxyl groups excluding tert-OH is 2. The summed E-state index contributed by atoms with van der Waals surface area (Å²) in [5, 5.41) is 30.1. The van der Waals surface area contributed by atoms with Gasteiger partial charge in [-0.3, -0.25) is 9.59 Å². The van der Waals surface area contributed by atoms with E-state index in [0.717, 1.165) is 38.5 Å². The second-order valence-corrected chi connectivity index (χ2v) is 9.47. The molecule has 0 heterocycles. The largest absolute Gasteiger partial charge is 0.394 e. The Morgan fingerprint density at radius 3 is 1.16 bits per heavy atom. The third-order valence-corrected chi connectivity index (χ3v) is 6.52. The number of unbranched alkanes of at least 4 members (excludes halogenated alkanes) is 16. The van der Waals surface area contributed by atoms with Gasteiger partial charge >= 0.3 is 0 Å². The van der Waals surface area contributed by atoms with E-state index in [9.17, 15) is 24.9 Å². The molecule has 0 bridgehead atoms. The average molecular weight is 457 g/mol. The van der Waals surface area contributed by atoms with Crippen molar-refractivity contribution in [3.8, 4) is 0 Å². The van der Waals surface area contributed by atoms with Crippen molar-refractivity contribution in [2.75, 3.05) is 6.61 Å². The number of Topliss-reactive ketones (excluding diaryl/α,β-unsaturated/α-hetero) is 2. The Morgan fingerprint density at radius 1 is 0.594 bits per heavy atom. The topological polar surface area (TPSA) is 94.8 Å². The summed E-state index contributed by atoms with van der Waals surface area (Å²) in [5.74, 6) is -1.30. The van der Waals surface area contributed by atoms with Crippen LogP contribution in [0.3, 0.4) is 0 Å². The van der Waals surface area contributed by atoms with E-state index in [4.69, 9.17) is 0 Å². The van der Waals surface area contributed by atoms with E-state index in [2.05, 4.69) is 13.8 Å². The Bertz CT molecular complexity index is 429. The van der Waals surface area contributed by atoms with Gasteiger partial charge in [0.25, 0.3) is 0 Å². The van der Waals surface area contributed by atoms with Crippen molar-refractivity contribution in [3.05, 3.63) is 0 Å². The molecule has 0 fully saturated rings. The Labute approximate surface area is 197 Å². The monoisotopic (exact) mass is 456 g/mol. The van der Waals surface area contributed by atoms with Gasteiger partial charge in [-0.15, -0.1) is 0 Å². The molecular formula is C27H52O5. The van der Waals surface area contributed by atoms with Gasteiger partial charge in [-0.1, -0.05) is 117 Å². The predicted octanol–water partition coefficient (Wildman–Crippen LogP) is 6.05. The summed E-state index contributed by atoms with van der Waals surface area (Å²) in [6.07, 6.45) is 18.2. The van der Waals surface area contributed by atoms with Crippen LogP contribution in [-0.2, 0) is 9.59 Å². The number of hydrogen-bond donors (Lipinski definition) is 3. The van der Waals surface area contributed by atoms with E-state index in [1.807, 2.05) is 0 Å². The van der Waals surface area contributed by atoms with Crippen LogP contribution < -0.4 is 0 Å². The molecule has 5 heteroatoms. The van der Waals surface area contributed by atoms with E-state index in [0.29, 0.717) is 12.8 Å². The quantitative estimate of drug-likeness (QED) is 0.121. The number of carbonyl (C=O) groups excluding carboxylic acids is 2. The minimum absolute atomic E-state index is 0.0624. The minimum atomic E-state index is -2.46. The summed E-state index contributed by atoms with van der Waals surface area (Å²) in [6.45, 7) is 3.60. The molecule has 1 atom stereocenters. The van der Waals surface area contributed by atoms with Crippen LogP contribution >= 0.6 is 0 Å². The molecule has 0 aromatic rings. The highest BCUT2D eigenvalue weighted by molar-refractivity contribution is 6.10. The fraction of sp³-hybridized carbons (Fsp3) is 0.926. The van der Waals surface area contributed by atoms with Crippen molar-refractivity contribution in [1.29, 1.82) is 0 Å². The van der Waals surface area contributed by atoms with Crippen LogP contribution in [0, 0.1) is 0 Å². The van der Waals surface area contributed by atoms with E-state index in [1.165, 1.54) is 64.2 Å². The highest BCUT2D eigenvalue weighted by Gasteiger charge is 2.48. The molecule has 5 nitrogen and oxygen atoms in total. The first kappa shape index (κ1) is 31.2. The van der Waals surface area contributed by atoms with Crippen LogP contribution in [0.1, 0.15) is 142 Å². The molecule has 0 amide bonds. The molecule has 3 N–H and O–H groups in total. The first-order valence-electron chi connectivity index (χ1n) is 13.5. The first-order valence-corrected chi connectivity index (χ1v) is 13.5. The smallest absolute Gasteiger partial charge is 0.209 e. The molecule has 32 heavy (non-hydrogen) atoms. The summed E-state index contributed by atoms with van der Waals surface area (Å²) in [4.78, 5) is 25.3. The van der Waals surface area contributed by atoms with Crippen LogP contribution in [0.5, 0.6) is 0 Å². The second-order valence-electron chi connectivity index (χ2n) is 9.47. The zero-order valence-electron chi connectivity index (χ0n) is 21.1. The van der Waals surface area contributed by atoms with Crippen LogP contribution in [0.15, 0.2) is 0 Å². The zero-order valence-corrected chi connectivity index (χ0v) is 21.1. The predicted molar refractivity (Wildman–Crippen MR) is 132 cm³/mol. The van der Waals surface area contributed by atoms with Crippen molar-refractivity contribution in [1.82, 2.24) is 0 Å². The maximum atomic E-state index is 12.6. The van der Waals surface area contributed by atoms with E-state index in [-0.39, 0.29) is 12.8 Å². The highest BCUT2D eigenvalue weighted by atomic mass is 16.4. The van der Waals surface area contributed by atoms with Crippen LogP contribution in [-0.4, -0.2) is 45.2 Å². The number of ketones is 2. The SMILES string of the molecule is CCCCCCCCCCCC(=O)C(O)(C(=O)CCCCCCCCCCC)[C@@H](O)CO. The third kappa shape index (κ3) is 13.7. The molecule has 0 aromatic carbocycles. The van der Waals surface area contributed by atoms with Gasteiger partial charge < -0.3 is 15.3 Å². The van der Waals surface area contributed by atoms with E-state index < -0.39 is 29.9 Å². The molecule has 0 radical (unpaired) electrons.